The van der Waals surface area contributed by atoms with Crippen molar-refractivity contribution in [1.29, 1.82) is 0 Å². The van der Waals surface area contributed by atoms with Crippen LogP contribution in [0.25, 0.3) is 0 Å². The summed E-state index contributed by atoms with van der Waals surface area (Å²) < 4.78 is 0.673. The Labute approximate surface area is 130 Å². The predicted octanol–water partition coefficient (Wildman–Crippen LogP) is 0.642. The molecule has 0 aromatic carbocycles. The lowest BCUT2D eigenvalue weighted by Gasteiger charge is -2.10. The van der Waals surface area contributed by atoms with Gasteiger partial charge < -0.3 is 20.7 Å². The molecule has 1 aliphatic heterocycles. The molecule has 19 heavy (non-hydrogen) atoms. The predicted molar refractivity (Wildman–Crippen MR) is 80.3 cm³/mol. The van der Waals surface area contributed by atoms with E-state index in [2.05, 4.69) is 31.5 Å². The molecule has 1 aromatic rings. The Morgan fingerprint density at radius 2 is 2.16 bits per heavy atom. The van der Waals surface area contributed by atoms with E-state index < -0.39 is 12.1 Å². The monoisotopic (exact) mass is 373 g/mol. The van der Waals surface area contributed by atoms with Crippen molar-refractivity contribution >= 4 is 52.3 Å². The molecule has 0 spiro atoms. The zero-order valence-corrected chi connectivity index (χ0v) is 12.9. The summed E-state index contributed by atoms with van der Waals surface area (Å²) in [5.74, 6) is -0.315. The Hall–Kier alpha value is -0.600. The molecule has 0 bridgehead atoms. The van der Waals surface area contributed by atoms with Crippen LogP contribution in [0, 0.1) is 0 Å². The molecule has 2 unspecified atom stereocenters. The van der Waals surface area contributed by atoms with Gasteiger partial charge in [0.2, 0.25) is 5.91 Å². The van der Waals surface area contributed by atoms with Crippen molar-refractivity contribution in [3.05, 3.63) is 27.1 Å². The molecule has 4 N–H and O–H groups in total. The maximum absolute atomic E-state index is 11.8. The Morgan fingerprint density at radius 1 is 1.47 bits per heavy atom. The van der Waals surface area contributed by atoms with Crippen molar-refractivity contribution in [3.8, 4) is 0 Å². The summed E-state index contributed by atoms with van der Waals surface area (Å²) in [4.78, 5) is 25.7. The fourth-order valence-corrected chi connectivity index (χ4v) is 2.03. The number of carbonyl (C=O) groups excluding carboxylic acids is 1. The van der Waals surface area contributed by atoms with E-state index in [4.69, 9.17) is 0 Å². The molecule has 2 atom stereocenters. The van der Waals surface area contributed by atoms with Crippen molar-refractivity contribution in [2.24, 2.45) is 0 Å². The van der Waals surface area contributed by atoms with Crippen molar-refractivity contribution in [2.45, 2.75) is 18.6 Å². The molecule has 2 rings (SSSR count). The Bertz CT molecular complexity index is 497. The maximum atomic E-state index is 11.8. The molecule has 1 fully saturated rings. The number of rotatable bonds is 2. The second-order valence-electron chi connectivity index (χ2n) is 3.90. The van der Waals surface area contributed by atoms with Gasteiger partial charge in [0.1, 0.15) is 5.69 Å². The average molecular weight is 375 g/mol. The highest BCUT2D eigenvalue weighted by Crippen LogP contribution is 2.12. The quantitative estimate of drug-likeness (QED) is 0.611. The van der Waals surface area contributed by atoms with E-state index in [0.29, 0.717) is 17.4 Å². The molecule has 1 saturated heterocycles. The number of H-pyrrole nitrogens is 1. The highest BCUT2D eigenvalue weighted by Gasteiger charge is 2.28. The molecule has 0 radical (unpaired) electrons. The summed E-state index contributed by atoms with van der Waals surface area (Å²) >= 11 is 3.20. The van der Waals surface area contributed by atoms with E-state index in [-0.39, 0.29) is 42.0 Å². The molecule has 108 valence electrons. The third-order valence-corrected chi connectivity index (χ3v) is 3.01. The van der Waals surface area contributed by atoms with E-state index in [9.17, 15) is 14.7 Å². The summed E-state index contributed by atoms with van der Waals surface area (Å²) in [6, 6.07) is 1.07. The second-order valence-corrected chi connectivity index (χ2v) is 4.82. The lowest BCUT2D eigenvalue weighted by molar-refractivity contribution is -0.117. The number of aromatic amines is 1. The van der Waals surface area contributed by atoms with Crippen molar-refractivity contribution in [1.82, 2.24) is 10.3 Å². The Balaban J connectivity index is 0.00000162. The number of aliphatic hydroxyl groups is 1. The van der Waals surface area contributed by atoms with Gasteiger partial charge in [-0.2, -0.15) is 0 Å². The van der Waals surface area contributed by atoms with Crippen LogP contribution in [-0.2, 0) is 4.79 Å². The third-order valence-electron chi connectivity index (χ3n) is 2.55. The number of pyridine rings is 1. The van der Waals surface area contributed by atoms with Gasteiger partial charge in [0.15, 0.2) is 0 Å². The SMILES string of the molecule is Cl.Cl.O=C(Nc1cc(Br)c[nH]c1=O)C1CC(O)CN1. The molecule has 1 aromatic heterocycles. The summed E-state index contributed by atoms with van der Waals surface area (Å²) in [5, 5.41) is 14.7. The lowest BCUT2D eigenvalue weighted by Crippen LogP contribution is -2.36. The Morgan fingerprint density at radius 3 is 2.74 bits per heavy atom. The average Bonchev–Trinajstić information content (AvgIpc) is 2.70. The minimum atomic E-state index is -0.508. The molecule has 1 amide bonds. The van der Waals surface area contributed by atoms with Crippen LogP contribution >= 0.6 is 40.7 Å². The van der Waals surface area contributed by atoms with Crippen LogP contribution in [0.3, 0.4) is 0 Å². The number of carbonyl (C=O) groups is 1. The molecular formula is C10H14BrCl2N3O3. The Kier molecular flexibility index (Phi) is 7.61. The minimum Gasteiger partial charge on any atom is -0.392 e. The first kappa shape index (κ1) is 18.4. The highest BCUT2D eigenvalue weighted by molar-refractivity contribution is 9.10. The largest absolute Gasteiger partial charge is 0.392 e. The second kappa shape index (κ2) is 7.86. The van der Waals surface area contributed by atoms with Crippen molar-refractivity contribution in [2.75, 3.05) is 11.9 Å². The van der Waals surface area contributed by atoms with Crippen molar-refractivity contribution in [3.63, 3.8) is 0 Å². The van der Waals surface area contributed by atoms with E-state index >= 15 is 0 Å². The van der Waals surface area contributed by atoms with Gasteiger partial charge in [0.25, 0.3) is 5.56 Å². The zero-order chi connectivity index (χ0) is 12.4. The van der Waals surface area contributed by atoms with E-state index in [1.54, 1.807) is 0 Å². The van der Waals surface area contributed by atoms with Gasteiger partial charge in [0.05, 0.1) is 12.1 Å². The highest BCUT2D eigenvalue weighted by atomic mass is 79.9. The molecule has 0 saturated carbocycles. The van der Waals surface area contributed by atoms with Crippen LogP contribution in [0.4, 0.5) is 5.69 Å². The van der Waals surface area contributed by atoms with E-state index in [1.165, 1.54) is 12.3 Å². The number of β-amino-alcohol motifs (C(OH)–C–C–N with tert-alkyl or cyclic N) is 1. The van der Waals surface area contributed by atoms with Crippen LogP contribution in [0.15, 0.2) is 21.5 Å². The van der Waals surface area contributed by atoms with Gasteiger partial charge in [-0.15, -0.1) is 24.8 Å². The maximum Gasteiger partial charge on any atom is 0.271 e. The summed E-state index contributed by atoms with van der Waals surface area (Å²) in [6.07, 6.45) is 1.35. The molecule has 1 aliphatic rings. The number of hydrogen-bond acceptors (Lipinski definition) is 4. The number of hydrogen-bond donors (Lipinski definition) is 4. The fourth-order valence-electron chi connectivity index (χ4n) is 1.69. The van der Waals surface area contributed by atoms with Gasteiger partial charge in [-0.05, 0) is 28.4 Å². The number of nitrogens with one attached hydrogen (secondary N) is 3. The molecule has 6 nitrogen and oxygen atoms in total. The van der Waals surface area contributed by atoms with Gasteiger partial charge in [-0.25, -0.2) is 0 Å². The lowest BCUT2D eigenvalue weighted by atomic mass is 10.2. The topological polar surface area (TPSA) is 94.2 Å². The summed E-state index contributed by atoms with van der Waals surface area (Å²) in [6.45, 7) is 0.396. The summed E-state index contributed by atoms with van der Waals surface area (Å²) in [7, 11) is 0. The van der Waals surface area contributed by atoms with E-state index in [1.807, 2.05) is 0 Å². The van der Waals surface area contributed by atoms with Crippen LogP contribution in [-0.4, -0.2) is 34.7 Å². The zero-order valence-electron chi connectivity index (χ0n) is 9.68. The first-order valence-electron chi connectivity index (χ1n) is 5.17. The van der Waals surface area contributed by atoms with Crippen LogP contribution in [0.5, 0.6) is 0 Å². The molecular weight excluding hydrogens is 361 g/mol. The number of halogens is 3. The van der Waals surface area contributed by atoms with Gasteiger partial charge in [0, 0.05) is 17.2 Å². The number of amides is 1. The van der Waals surface area contributed by atoms with E-state index in [0.717, 1.165) is 0 Å². The number of anilines is 1. The normalized spacial score (nSPS) is 21.2. The molecule has 9 heteroatoms. The van der Waals surface area contributed by atoms with Gasteiger partial charge in [-0.1, -0.05) is 0 Å². The first-order valence-corrected chi connectivity index (χ1v) is 5.96. The van der Waals surface area contributed by atoms with Crippen LogP contribution in [0.2, 0.25) is 0 Å². The number of aromatic nitrogens is 1. The summed E-state index contributed by atoms with van der Waals surface area (Å²) in [5.41, 5.74) is -0.173. The van der Waals surface area contributed by atoms with Crippen LogP contribution in [0.1, 0.15) is 6.42 Å². The number of aliphatic hydroxyl groups excluding tert-OH is 1. The van der Waals surface area contributed by atoms with Crippen molar-refractivity contribution < 1.29 is 9.90 Å². The fraction of sp³-hybridized carbons (Fsp3) is 0.400. The van der Waals surface area contributed by atoms with Crippen LogP contribution < -0.4 is 16.2 Å². The standard InChI is InChI=1S/C10H12BrN3O3.2ClH/c11-5-1-8(9(16)13-3-5)14-10(17)7-2-6(15)4-12-7;;/h1,3,6-7,12,15H,2,4H2,(H,13,16)(H,14,17);2*1H. The smallest absolute Gasteiger partial charge is 0.271 e. The first-order chi connectivity index (χ1) is 8.06. The van der Waals surface area contributed by atoms with Gasteiger partial charge >= 0.3 is 0 Å². The van der Waals surface area contributed by atoms with Gasteiger partial charge in [-0.3, -0.25) is 9.59 Å². The minimum absolute atomic E-state index is 0. The molecule has 0 aliphatic carbocycles. The third kappa shape index (κ3) is 4.77. The molecule has 2 heterocycles.